The fourth-order valence-electron chi connectivity index (χ4n) is 3.48. The van der Waals surface area contributed by atoms with Crippen LogP contribution in [0, 0.1) is 17.1 Å². The van der Waals surface area contributed by atoms with E-state index in [2.05, 4.69) is 20.6 Å². The van der Waals surface area contributed by atoms with E-state index in [1.54, 1.807) is 6.07 Å². The minimum absolute atomic E-state index is 0.0389. The van der Waals surface area contributed by atoms with Crippen molar-refractivity contribution in [2.45, 2.75) is 43.8 Å². The normalized spacial score (nSPS) is 16.0. The Bertz CT molecular complexity index is 948. The number of alkyl halides is 3. The van der Waals surface area contributed by atoms with Gasteiger partial charge in [0.2, 0.25) is 5.82 Å². The lowest BCUT2D eigenvalue weighted by molar-refractivity contribution is -0.139. The zero-order valence-electron chi connectivity index (χ0n) is 15.2. The number of hydrogen-bond donors (Lipinski definition) is 2. The maximum absolute atomic E-state index is 13.4. The van der Waals surface area contributed by atoms with E-state index in [4.69, 9.17) is 5.26 Å². The lowest BCUT2D eigenvalue weighted by atomic mass is 9.79. The topological polar surface area (TPSA) is 90.7 Å². The van der Waals surface area contributed by atoms with E-state index in [0.717, 1.165) is 25.3 Å². The number of carbonyl (C=O) groups is 1. The zero-order chi connectivity index (χ0) is 21.1. The van der Waals surface area contributed by atoms with Crippen LogP contribution in [0.25, 0.3) is 0 Å². The van der Waals surface area contributed by atoms with Gasteiger partial charge in [0, 0.05) is 11.9 Å². The van der Waals surface area contributed by atoms with Crippen molar-refractivity contribution in [3.63, 3.8) is 0 Å². The summed E-state index contributed by atoms with van der Waals surface area (Å²) in [5.41, 5.74) is -2.06. The Morgan fingerprint density at radius 2 is 1.90 bits per heavy atom. The molecule has 1 saturated carbocycles. The molecule has 0 bridgehead atoms. The molecule has 29 heavy (non-hydrogen) atoms. The van der Waals surface area contributed by atoms with Gasteiger partial charge >= 0.3 is 12.2 Å². The van der Waals surface area contributed by atoms with E-state index < -0.39 is 29.1 Å². The number of anilines is 1. The molecular weight excluding hydrogens is 390 g/mol. The summed E-state index contributed by atoms with van der Waals surface area (Å²) >= 11 is 0. The third kappa shape index (κ3) is 4.62. The summed E-state index contributed by atoms with van der Waals surface area (Å²) in [7, 11) is 0. The highest BCUT2D eigenvalue weighted by Crippen LogP contribution is 2.37. The number of nitriles is 1. The Morgan fingerprint density at radius 1 is 1.17 bits per heavy atom. The lowest BCUT2D eigenvalue weighted by Gasteiger charge is -2.37. The molecule has 2 N–H and O–H groups in total. The van der Waals surface area contributed by atoms with Crippen LogP contribution in [0.5, 0.6) is 0 Å². The first kappa shape index (κ1) is 20.5. The molecule has 0 radical (unpaired) electrons. The Hall–Kier alpha value is -3.22. The molecule has 1 aromatic carbocycles. The van der Waals surface area contributed by atoms with Crippen molar-refractivity contribution < 1.29 is 22.4 Å². The molecule has 1 aliphatic carbocycles. The molecule has 0 atom stereocenters. The zero-order valence-corrected chi connectivity index (χ0v) is 15.2. The smallest absolute Gasteiger partial charge is 0.327 e. The molecule has 3 rings (SSSR count). The molecule has 6 nitrogen and oxygen atoms in total. The van der Waals surface area contributed by atoms with Crippen LogP contribution < -0.4 is 10.6 Å². The standard InChI is InChI=1S/C19H17F4N5O/c20-14-5-4-12(10-13(14)19(21,22)23)26-17(29)28-18(7-2-1-3-8-18)15-6-9-25-16(11-24)27-15/h4-6,9-10H,1-3,7-8H2,(H2,26,28,29). The largest absolute Gasteiger partial charge is 0.419 e. The van der Waals surface area contributed by atoms with Gasteiger partial charge in [-0.25, -0.2) is 19.2 Å². The monoisotopic (exact) mass is 407 g/mol. The summed E-state index contributed by atoms with van der Waals surface area (Å²) in [6.45, 7) is 0. The van der Waals surface area contributed by atoms with Crippen LogP contribution in [0.3, 0.4) is 0 Å². The fourth-order valence-corrected chi connectivity index (χ4v) is 3.48. The minimum Gasteiger partial charge on any atom is -0.327 e. The number of hydrogen-bond acceptors (Lipinski definition) is 4. The Labute approximate surface area is 164 Å². The van der Waals surface area contributed by atoms with Crippen molar-refractivity contribution in [2.75, 3.05) is 5.32 Å². The average molecular weight is 407 g/mol. The van der Waals surface area contributed by atoms with Crippen LogP contribution in [0.4, 0.5) is 28.0 Å². The summed E-state index contributed by atoms with van der Waals surface area (Å²) in [5, 5.41) is 14.2. The van der Waals surface area contributed by atoms with E-state index >= 15 is 0 Å². The Kier molecular flexibility index (Phi) is 5.68. The van der Waals surface area contributed by atoms with Gasteiger partial charge in [-0.3, -0.25) is 0 Å². The second-order valence-corrected chi connectivity index (χ2v) is 6.79. The van der Waals surface area contributed by atoms with E-state index in [1.165, 1.54) is 6.20 Å². The number of urea groups is 1. The average Bonchev–Trinajstić information content (AvgIpc) is 2.69. The quantitative estimate of drug-likeness (QED) is 0.734. The van der Waals surface area contributed by atoms with E-state index in [-0.39, 0.29) is 11.5 Å². The molecule has 0 unspecified atom stereocenters. The first-order valence-corrected chi connectivity index (χ1v) is 8.93. The van der Waals surface area contributed by atoms with Gasteiger partial charge in [0.25, 0.3) is 0 Å². The number of nitrogens with one attached hydrogen (secondary N) is 2. The predicted molar refractivity (Wildman–Crippen MR) is 95.1 cm³/mol. The molecular formula is C19H17F4N5O. The van der Waals surface area contributed by atoms with Gasteiger partial charge in [0.1, 0.15) is 11.9 Å². The maximum atomic E-state index is 13.4. The third-order valence-electron chi connectivity index (χ3n) is 4.84. The Morgan fingerprint density at radius 3 is 2.55 bits per heavy atom. The van der Waals surface area contributed by atoms with Crippen LogP contribution in [0.1, 0.15) is 49.2 Å². The molecule has 1 heterocycles. The van der Waals surface area contributed by atoms with Crippen molar-refractivity contribution in [1.29, 1.82) is 5.26 Å². The highest BCUT2D eigenvalue weighted by Gasteiger charge is 2.38. The third-order valence-corrected chi connectivity index (χ3v) is 4.84. The number of carbonyl (C=O) groups excluding carboxylic acids is 1. The van der Waals surface area contributed by atoms with Gasteiger partial charge in [-0.05, 0) is 37.1 Å². The second kappa shape index (κ2) is 8.03. The van der Waals surface area contributed by atoms with Crippen LogP contribution in [0.2, 0.25) is 0 Å². The van der Waals surface area contributed by atoms with Crippen LogP contribution >= 0.6 is 0 Å². The Balaban J connectivity index is 1.84. The van der Waals surface area contributed by atoms with Gasteiger partial charge in [-0.1, -0.05) is 19.3 Å². The summed E-state index contributed by atoms with van der Waals surface area (Å²) in [4.78, 5) is 20.6. The van der Waals surface area contributed by atoms with Gasteiger partial charge in [-0.2, -0.15) is 18.4 Å². The van der Waals surface area contributed by atoms with Gasteiger partial charge in [-0.15, -0.1) is 0 Å². The molecule has 152 valence electrons. The highest BCUT2D eigenvalue weighted by molar-refractivity contribution is 5.90. The minimum atomic E-state index is -4.88. The first-order valence-electron chi connectivity index (χ1n) is 8.93. The van der Waals surface area contributed by atoms with Crippen LogP contribution in [-0.2, 0) is 11.7 Å². The van der Waals surface area contributed by atoms with E-state index in [9.17, 15) is 22.4 Å². The second-order valence-electron chi connectivity index (χ2n) is 6.79. The number of nitrogens with zero attached hydrogens (tertiary/aromatic N) is 3. The summed E-state index contributed by atoms with van der Waals surface area (Å²) in [6, 6.07) is 4.95. The van der Waals surface area contributed by atoms with Gasteiger partial charge < -0.3 is 10.6 Å². The number of amides is 2. The van der Waals surface area contributed by atoms with Crippen molar-refractivity contribution in [3.8, 4) is 6.07 Å². The van der Waals surface area contributed by atoms with Crippen molar-refractivity contribution in [1.82, 2.24) is 15.3 Å². The number of rotatable bonds is 3. The molecule has 0 spiro atoms. The number of aromatic nitrogens is 2. The predicted octanol–water partition coefficient (Wildman–Crippen LogP) is 4.49. The van der Waals surface area contributed by atoms with Crippen molar-refractivity contribution in [2.24, 2.45) is 0 Å². The molecule has 1 aliphatic rings. The van der Waals surface area contributed by atoms with Crippen LogP contribution in [0.15, 0.2) is 30.5 Å². The van der Waals surface area contributed by atoms with Crippen molar-refractivity contribution >= 4 is 11.7 Å². The van der Waals surface area contributed by atoms with Gasteiger partial charge in [0.15, 0.2) is 0 Å². The van der Waals surface area contributed by atoms with Crippen LogP contribution in [-0.4, -0.2) is 16.0 Å². The highest BCUT2D eigenvalue weighted by atomic mass is 19.4. The molecule has 0 saturated heterocycles. The first-order chi connectivity index (χ1) is 13.7. The molecule has 10 heteroatoms. The van der Waals surface area contributed by atoms with E-state index in [0.29, 0.717) is 30.7 Å². The van der Waals surface area contributed by atoms with Crippen molar-refractivity contribution in [3.05, 3.63) is 53.4 Å². The number of benzene rings is 1. The number of halogens is 4. The molecule has 0 aliphatic heterocycles. The van der Waals surface area contributed by atoms with Gasteiger partial charge in [0.05, 0.1) is 16.8 Å². The SMILES string of the molecule is N#Cc1nccc(C2(NC(=O)Nc3ccc(F)c(C(F)(F)F)c3)CCCCC2)n1. The molecule has 1 fully saturated rings. The molecule has 2 aromatic rings. The summed E-state index contributed by atoms with van der Waals surface area (Å²) in [5.74, 6) is -1.46. The fraction of sp³-hybridized carbons (Fsp3) is 0.368. The summed E-state index contributed by atoms with van der Waals surface area (Å²) < 4.78 is 52.1. The lowest BCUT2D eigenvalue weighted by Crippen LogP contribution is -2.49. The summed E-state index contributed by atoms with van der Waals surface area (Å²) in [6.07, 6.45) is 0.235. The molecule has 1 aromatic heterocycles. The van der Waals surface area contributed by atoms with E-state index in [1.807, 2.05) is 6.07 Å². The maximum Gasteiger partial charge on any atom is 0.419 e. The molecule has 2 amide bonds.